The standard InChI is InChI=1S/C26H27N5O2S2/c1-3-28-11-13-29(14-12-28)23-20(24(32)30-16-18(2)9-10-22(30)27-23)15-21-25(33)31(26(34)35-21)17-19-7-5-4-6-8-19/h4-10,15-16H,3,11-14,17H2,1-2H3/b21-15-. The van der Waals surface area contributed by atoms with Crippen LogP contribution in [0.1, 0.15) is 23.6 Å². The number of aromatic nitrogens is 2. The number of carbonyl (C=O) groups is 1. The summed E-state index contributed by atoms with van der Waals surface area (Å²) >= 11 is 6.77. The molecule has 180 valence electrons. The minimum atomic E-state index is -0.181. The summed E-state index contributed by atoms with van der Waals surface area (Å²) in [6, 6.07) is 13.6. The van der Waals surface area contributed by atoms with Gasteiger partial charge in [0.2, 0.25) is 0 Å². The maximum atomic E-state index is 13.7. The Kier molecular flexibility index (Phi) is 6.73. The van der Waals surface area contributed by atoms with Crippen molar-refractivity contribution in [3.8, 4) is 0 Å². The molecule has 9 heteroatoms. The van der Waals surface area contributed by atoms with Gasteiger partial charge in [-0.25, -0.2) is 4.98 Å². The van der Waals surface area contributed by atoms with Crippen LogP contribution in [0.5, 0.6) is 0 Å². The molecule has 4 heterocycles. The lowest BCUT2D eigenvalue weighted by atomic mass is 10.2. The molecule has 1 aromatic carbocycles. The average molecular weight is 506 g/mol. The molecule has 0 radical (unpaired) electrons. The van der Waals surface area contributed by atoms with Crippen molar-refractivity contribution in [1.82, 2.24) is 19.2 Å². The Labute approximate surface area is 214 Å². The Morgan fingerprint density at radius 3 is 2.51 bits per heavy atom. The normalized spacial score (nSPS) is 18.3. The van der Waals surface area contributed by atoms with E-state index in [-0.39, 0.29) is 11.5 Å². The minimum absolute atomic E-state index is 0.181. The monoisotopic (exact) mass is 505 g/mol. The highest BCUT2D eigenvalue weighted by molar-refractivity contribution is 8.26. The molecular weight excluding hydrogens is 478 g/mol. The predicted molar refractivity (Wildman–Crippen MR) is 146 cm³/mol. The van der Waals surface area contributed by atoms with Crippen molar-refractivity contribution in [3.05, 3.63) is 80.6 Å². The lowest BCUT2D eigenvalue weighted by Gasteiger charge is -2.35. The fourth-order valence-electron chi connectivity index (χ4n) is 4.42. The zero-order chi connectivity index (χ0) is 24.5. The van der Waals surface area contributed by atoms with Gasteiger partial charge < -0.3 is 9.80 Å². The summed E-state index contributed by atoms with van der Waals surface area (Å²) in [5.41, 5.74) is 2.81. The molecule has 2 aliphatic heterocycles. The molecule has 0 bridgehead atoms. The highest BCUT2D eigenvalue weighted by atomic mass is 32.2. The SMILES string of the molecule is CCN1CCN(c2nc3ccc(C)cn3c(=O)c2/C=C2\SC(=S)N(Cc3ccccc3)C2=O)CC1. The molecule has 0 atom stereocenters. The second-order valence-corrected chi connectivity index (χ2v) is 10.4. The Balaban J connectivity index is 1.56. The van der Waals surface area contributed by atoms with Crippen LogP contribution in [0, 0.1) is 6.92 Å². The van der Waals surface area contributed by atoms with E-state index in [1.807, 2.05) is 49.4 Å². The van der Waals surface area contributed by atoms with Gasteiger partial charge in [-0.05, 0) is 36.7 Å². The summed E-state index contributed by atoms with van der Waals surface area (Å²) in [5, 5.41) is 0. The lowest BCUT2D eigenvalue weighted by molar-refractivity contribution is -0.122. The molecule has 2 aliphatic rings. The fourth-order valence-corrected chi connectivity index (χ4v) is 5.66. The first kappa shape index (κ1) is 23.7. The number of thiocarbonyl (C=S) groups is 1. The van der Waals surface area contributed by atoms with Crippen LogP contribution in [0.2, 0.25) is 0 Å². The van der Waals surface area contributed by atoms with Crippen molar-refractivity contribution in [1.29, 1.82) is 0 Å². The first-order chi connectivity index (χ1) is 16.9. The van der Waals surface area contributed by atoms with Crippen molar-refractivity contribution >= 4 is 51.7 Å². The van der Waals surface area contributed by atoms with E-state index in [0.717, 1.165) is 43.9 Å². The Morgan fingerprint density at radius 2 is 1.80 bits per heavy atom. The molecule has 0 N–H and O–H groups in total. The number of benzene rings is 1. The molecule has 1 amide bonds. The number of hydrogen-bond acceptors (Lipinski definition) is 7. The summed E-state index contributed by atoms with van der Waals surface area (Å²) in [4.78, 5) is 38.5. The number of rotatable bonds is 5. The fraction of sp³-hybridized carbons (Fsp3) is 0.308. The Morgan fingerprint density at radius 1 is 1.06 bits per heavy atom. The third kappa shape index (κ3) is 4.76. The second kappa shape index (κ2) is 9.93. The van der Waals surface area contributed by atoms with Gasteiger partial charge >= 0.3 is 0 Å². The summed E-state index contributed by atoms with van der Waals surface area (Å²) in [5.74, 6) is 0.447. The number of likely N-dealkylation sites (N-methyl/N-ethyl adjacent to an activating group) is 1. The molecule has 0 aliphatic carbocycles. The number of fused-ring (bicyclic) bond motifs is 1. The molecule has 2 fully saturated rings. The zero-order valence-corrected chi connectivity index (χ0v) is 21.4. The number of nitrogens with zero attached hydrogens (tertiary/aromatic N) is 5. The number of piperazine rings is 1. The number of pyridine rings is 1. The van der Waals surface area contributed by atoms with Gasteiger partial charge in [-0.15, -0.1) is 0 Å². The van der Waals surface area contributed by atoms with Crippen LogP contribution in [0.3, 0.4) is 0 Å². The van der Waals surface area contributed by atoms with Gasteiger partial charge in [-0.3, -0.25) is 18.9 Å². The molecule has 0 spiro atoms. The molecule has 5 rings (SSSR count). The van der Waals surface area contributed by atoms with Crippen LogP contribution in [0.25, 0.3) is 11.7 Å². The van der Waals surface area contributed by atoms with E-state index in [1.54, 1.807) is 21.6 Å². The quantitative estimate of drug-likeness (QED) is 0.388. The minimum Gasteiger partial charge on any atom is -0.353 e. The van der Waals surface area contributed by atoms with E-state index in [2.05, 4.69) is 16.7 Å². The summed E-state index contributed by atoms with van der Waals surface area (Å²) < 4.78 is 2.06. The van der Waals surface area contributed by atoms with Crippen LogP contribution >= 0.6 is 24.0 Å². The summed E-state index contributed by atoms with van der Waals surface area (Å²) in [6.07, 6.45) is 3.48. The van der Waals surface area contributed by atoms with Gasteiger partial charge in [0.05, 0.1) is 17.0 Å². The maximum Gasteiger partial charge on any atom is 0.267 e. The molecular formula is C26H27N5O2S2. The number of hydrogen-bond donors (Lipinski definition) is 0. The van der Waals surface area contributed by atoms with Crippen molar-refractivity contribution < 1.29 is 4.79 Å². The number of aryl methyl sites for hydroxylation is 1. The third-order valence-electron chi connectivity index (χ3n) is 6.44. The molecule has 3 aromatic rings. The van der Waals surface area contributed by atoms with Gasteiger partial charge in [0.15, 0.2) is 0 Å². The largest absolute Gasteiger partial charge is 0.353 e. The van der Waals surface area contributed by atoms with Crippen molar-refractivity contribution in [2.45, 2.75) is 20.4 Å². The van der Waals surface area contributed by atoms with Crippen LogP contribution < -0.4 is 10.5 Å². The van der Waals surface area contributed by atoms with E-state index in [1.165, 1.54) is 11.8 Å². The van der Waals surface area contributed by atoms with Crippen molar-refractivity contribution in [3.63, 3.8) is 0 Å². The van der Waals surface area contributed by atoms with E-state index in [0.29, 0.717) is 32.8 Å². The molecule has 7 nitrogen and oxygen atoms in total. The number of amides is 1. The van der Waals surface area contributed by atoms with E-state index < -0.39 is 0 Å². The first-order valence-corrected chi connectivity index (χ1v) is 13.0. The van der Waals surface area contributed by atoms with Crippen LogP contribution in [0.4, 0.5) is 5.82 Å². The van der Waals surface area contributed by atoms with E-state index in [9.17, 15) is 9.59 Å². The maximum absolute atomic E-state index is 13.7. The zero-order valence-electron chi connectivity index (χ0n) is 19.8. The topological polar surface area (TPSA) is 61.2 Å². The molecule has 2 saturated heterocycles. The highest BCUT2D eigenvalue weighted by Gasteiger charge is 2.33. The molecule has 2 aromatic heterocycles. The van der Waals surface area contributed by atoms with Gasteiger partial charge in [0.25, 0.3) is 11.5 Å². The second-order valence-electron chi connectivity index (χ2n) is 8.76. The van der Waals surface area contributed by atoms with Crippen LogP contribution in [-0.4, -0.2) is 62.1 Å². The predicted octanol–water partition coefficient (Wildman–Crippen LogP) is 3.55. The first-order valence-electron chi connectivity index (χ1n) is 11.7. The Bertz CT molecular complexity index is 1380. The van der Waals surface area contributed by atoms with Gasteiger partial charge in [-0.2, -0.15) is 0 Å². The third-order valence-corrected chi connectivity index (χ3v) is 7.81. The van der Waals surface area contributed by atoms with Gasteiger partial charge in [-0.1, -0.05) is 67.3 Å². The summed E-state index contributed by atoms with van der Waals surface area (Å²) in [7, 11) is 0. The summed E-state index contributed by atoms with van der Waals surface area (Å²) in [6.45, 7) is 8.87. The molecule has 35 heavy (non-hydrogen) atoms. The Hall–Kier alpha value is -3.01. The van der Waals surface area contributed by atoms with Crippen molar-refractivity contribution in [2.24, 2.45) is 0 Å². The van der Waals surface area contributed by atoms with Crippen LogP contribution in [0.15, 0.2) is 58.4 Å². The molecule has 0 saturated carbocycles. The number of carbonyl (C=O) groups excluding carboxylic acids is 1. The number of thioether (sulfide) groups is 1. The van der Waals surface area contributed by atoms with E-state index >= 15 is 0 Å². The highest BCUT2D eigenvalue weighted by Crippen LogP contribution is 2.34. The molecule has 0 unspecified atom stereocenters. The van der Waals surface area contributed by atoms with Gasteiger partial charge in [0.1, 0.15) is 15.8 Å². The van der Waals surface area contributed by atoms with Gasteiger partial charge in [0, 0.05) is 32.4 Å². The lowest BCUT2D eigenvalue weighted by Crippen LogP contribution is -2.47. The van der Waals surface area contributed by atoms with Crippen molar-refractivity contribution in [2.75, 3.05) is 37.6 Å². The average Bonchev–Trinajstić information content (AvgIpc) is 3.14. The number of anilines is 1. The van der Waals surface area contributed by atoms with E-state index in [4.69, 9.17) is 17.2 Å². The smallest absolute Gasteiger partial charge is 0.267 e. The van der Waals surface area contributed by atoms with Crippen LogP contribution in [-0.2, 0) is 11.3 Å².